The number of ether oxygens (including phenoxy) is 2. The smallest absolute Gasteiger partial charge is 0.274 e. The van der Waals surface area contributed by atoms with Gasteiger partial charge in [0, 0.05) is 37.9 Å². The Morgan fingerprint density at radius 2 is 2.00 bits per heavy atom. The lowest BCUT2D eigenvalue weighted by Crippen LogP contribution is -2.39. The van der Waals surface area contributed by atoms with E-state index in [1.54, 1.807) is 18.2 Å². The maximum atomic E-state index is 12.4. The molecule has 27 heavy (non-hydrogen) atoms. The van der Waals surface area contributed by atoms with Gasteiger partial charge in [-0.2, -0.15) is 0 Å². The van der Waals surface area contributed by atoms with Gasteiger partial charge in [-0.25, -0.2) is 9.97 Å². The van der Waals surface area contributed by atoms with Crippen LogP contribution in [0.15, 0.2) is 36.7 Å². The predicted molar refractivity (Wildman–Crippen MR) is 103 cm³/mol. The summed E-state index contributed by atoms with van der Waals surface area (Å²) in [4.78, 5) is 23.0. The van der Waals surface area contributed by atoms with E-state index in [0.717, 1.165) is 45.1 Å². The molecule has 0 unspecified atom stereocenters. The average Bonchev–Trinajstić information content (AvgIpc) is 2.71. The number of benzene rings is 1. The van der Waals surface area contributed by atoms with Crippen LogP contribution >= 0.6 is 0 Å². The Bertz CT molecular complexity index is 732. The average molecular weight is 371 g/mol. The number of nitrogens with one attached hydrogen (secondary N) is 2. The molecule has 0 aliphatic carbocycles. The lowest BCUT2D eigenvalue weighted by Gasteiger charge is -2.26. The van der Waals surface area contributed by atoms with Crippen molar-refractivity contribution in [2.75, 3.05) is 56.6 Å². The summed E-state index contributed by atoms with van der Waals surface area (Å²) in [7, 11) is 0. The molecule has 8 nitrogen and oxygen atoms in total. The van der Waals surface area contributed by atoms with Gasteiger partial charge in [0.05, 0.1) is 19.8 Å². The number of rotatable bonds is 8. The molecule has 1 aromatic heterocycles. The molecule has 3 rings (SSSR count). The van der Waals surface area contributed by atoms with Gasteiger partial charge < -0.3 is 20.1 Å². The standard InChI is InChI=1S/C19H25N5O3/c1-2-27-16-5-3-15(4-6-16)23-19(25)17-13-18(22-14-21-17)20-7-8-24-9-11-26-12-10-24/h3-6,13-14H,2,7-12H2,1H3,(H,23,25)(H,20,21,22). The van der Waals surface area contributed by atoms with Gasteiger partial charge in [-0.3, -0.25) is 9.69 Å². The summed E-state index contributed by atoms with van der Waals surface area (Å²) in [6, 6.07) is 8.88. The zero-order valence-electron chi connectivity index (χ0n) is 15.5. The Balaban J connectivity index is 1.51. The van der Waals surface area contributed by atoms with E-state index in [4.69, 9.17) is 9.47 Å². The second-order valence-corrected chi connectivity index (χ2v) is 6.08. The first-order valence-electron chi connectivity index (χ1n) is 9.15. The van der Waals surface area contributed by atoms with Crippen molar-refractivity contribution in [2.24, 2.45) is 0 Å². The van der Waals surface area contributed by atoms with Gasteiger partial charge in [-0.05, 0) is 31.2 Å². The molecule has 1 fully saturated rings. The number of hydrogen-bond donors (Lipinski definition) is 2. The Labute approximate surface area is 158 Å². The van der Waals surface area contributed by atoms with E-state index in [2.05, 4.69) is 25.5 Å². The van der Waals surface area contributed by atoms with Crippen LogP contribution < -0.4 is 15.4 Å². The predicted octanol–water partition coefficient (Wildman–Crippen LogP) is 1.87. The van der Waals surface area contributed by atoms with E-state index >= 15 is 0 Å². The molecule has 1 aromatic carbocycles. The number of aromatic nitrogens is 2. The van der Waals surface area contributed by atoms with Crippen molar-refractivity contribution in [1.82, 2.24) is 14.9 Å². The molecular formula is C19H25N5O3. The van der Waals surface area contributed by atoms with E-state index in [9.17, 15) is 4.79 Å². The fourth-order valence-electron chi connectivity index (χ4n) is 2.74. The molecule has 2 N–H and O–H groups in total. The normalized spacial score (nSPS) is 14.6. The molecule has 144 valence electrons. The Kier molecular flexibility index (Phi) is 6.95. The lowest BCUT2D eigenvalue weighted by molar-refractivity contribution is 0.0398. The summed E-state index contributed by atoms with van der Waals surface area (Å²) in [6.07, 6.45) is 1.39. The third-order valence-electron chi connectivity index (χ3n) is 4.16. The third kappa shape index (κ3) is 5.90. The number of carbonyl (C=O) groups excluding carboxylic acids is 1. The minimum absolute atomic E-state index is 0.280. The number of amides is 1. The largest absolute Gasteiger partial charge is 0.494 e. The Hall–Kier alpha value is -2.71. The number of morpholine rings is 1. The molecule has 8 heteroatoms. The second-order valence-electron chi connectivity index (χ2n) is 6.08. The quantitative estimate of drug-likeness (QED) is 0.732. The zero-order valence-corrected chi connectivity index (χ0v) is 15.5. The van der Waals surface area contributed by atoms with Crippen LogP contribution in [-0.2, 0) is 4.74 Å². The summed E-state index contributed by atoms with van der Waals surface area (Å²) >= 11 is 0. The fraction of sp³-hybridized carbons (Fsp3) is 0.421. The summed E-state index contributed by atoms with van der Waals surface area (Å²) in [5.41, 5.74) is 0.997. The molecule has 1 amide bonds. The highest BCUT2D eigenvalue weighted by Crippen LogP contribution is 2.16. The van der Waals surface area contributed by atoms with Gasteiger partial charge in [0.15, 0.2) is 0 Å². The first-order valence-corrected chi connectivity index (χ1v) is 9.15. The highest BCUT2D eigenvalue weighted by atomic mass is 16.5. The van der Waals surface area contributed by atoms with Crippen LogP contribution in [0.2, 0.25) is 0 Å². The van der Waals surface area contributed by atoms with Crippen LogP contribution in [-0.4, -0.2) is 66.8 Å². The summed E-state index contributed by atoms with van der Waals surface area (Å²) in [5.74, 6) is 1.12. The minimum atomic E-state index is -0.280. The van der Waals surface area contributed by atoms with E-state index < -0.39 is 0 Å². The van der Waals surface area contributed by atoms with Crippen LogP contribution in [0.4, 0.5) is 11.5 Å². The highest BCUT2D eigenvalue weighted by Gasteiger charge is 2.11. The third-order valence-corrected chi connectivity index (χ3v) is 4.16. The van der Waals surface area contributed by atoms with Crippen molar-refractivity contribution < 1.29 is 14.3 Å². The Morgan fingerprint density at radius 1 is 1.22 bits per heavy atom. The van der Waals surface area contributed by atoms with Crippen molar-refractivity contribution >= 4 is 17.4 Å². The van der Waals surface area contributed by atoms with Crippen molar-refractivity contribution in [3.05, 3.63) is 42.4 Å². The van der Waals surface area contributed by atoms with Crippen molar-refractivity contribution in [2.45, 2.75) is 6.92 Å². The first-order chi connectivity index (χ1) is 13.2. The van der Waals surface area contributed by atoms with Gasteiger partial charge in [0.2, 0.25) is 0 Å². The van der Waals surface area contributed by atoms with Gasteiger partial charge in [-0.15, -0.1) is 0 Å². The summed E-state index contributed by atoms with van der Waals surface area (Å²) in [6.45, 7) is 7.64. The molecule has 1 saturated heterocycles. The SMILES string of the molecule is CCOc1ccc(NC(=O)c2cc(NCCN3CCOCC3)ncn2)cc1. The zero-order chi connectivity index (χ0) is 18.9. The van der Waals surface area contributed by atoms with Crippen LogP contribution in [0.25, 0.3) is 0 Å². The van der Waals surface area contributed by atoms with Gasteiger partial charge >= 0.3 is 0 Å². The fourth-order valence-corrected chi connectivity index (χ4v) is 2.74. The monoisotopic (exact) mass is 371 g/mol. The topological polar surface area (TPSA) is 88.6 Å². The summed E-state index contributed by atoms with van der Waals surface area (Å²) < 4.78 is 10.7. The molecule has 0 radical (unpaired) electrons. The molecular weight excluding hydrogens is 346 g/mol. The lowest BCUT2D eigenvalue weighted by atomic mass is 10.3. The molecule has 0 spiro atoms. The first kappa shape index (κ1) is 19.1. The minimum Gasteiger partial charge on any atom is -0.494 e. The number of anilines is 2. The molecule has 2 aromatic rings. The molecule has 1 aliphatic rings. The number of nitrogens with zero attached hydrogens (tertiary/aromatic N) is 3. The van der Waals surface area contributed by atoms with Crippen molar-refractivity contribution in [1.29, 1.82) is 0 Å². The van der Waals surface area contributed by atoms with Crippen LogP contribution in [0.1, 0.15) is 17.4 Å². The van der Waals surface area contributed by atoms with Crippen molar-refractivity contribution in [3.8, 4) is 5.75 Å². The van der Waals surface area contributed by atoms with Crippen molar-refractivity contribution in [3.63, 3.8) is 0 Å². The molecule has 0 saturated carbocycles. The van der Waals surface area contributed by atoms with E-state index in [1.165, 1.54) is 6.33 Å². The summed E-state index contributed by atoms with van der Waals surface area (Å²) in [5, 5.41) is 6.07. The van der Waals surface area contributed by atoms with Crippen LogP contribution in [0.3, 0.4) is 0 Å². The Morgan fingerprint density at radius 3 is 2.74 bits per heavy atom. The van der Waals surface area contributed by atoms with E-state index in [-0.39, 0.29) is 5.91 Å². The number of carbonyl (C=O) groups is 1. The van der Waals surface area contributed by atoms with Gasteiger partial charge in [-0.1, -0.05) is 0 Å². The second kappa shape index (κ2) is 9.84. The molecule has 0 bridgehead atoms. The maximum absolute atomic E-state index is 12.4. The van der Waals surface area contributed by atoms with E-state index in [0.29, 0.717) is 23.8 Å². The molecule has 2 heterocycles. The van der Waals surface area contributed by atoms with Crippen LogP contribution in [0.5, 0.6) is 5.75 Å². The molecule has 1 aliphatic heterocycles. The molecule has 0 atom stereocenters. The highest BCUT2D eigenvalue weighted by molar-refractivity contribution is 6.03. The van der Waals surface area contributed by atoms with Gasteiger partial charge in [0.1, 0.15) is 23.6 Å². The van der Waals surface area contributed by atoms with Gasteiger partial charge in [0.25, 0.3) is 5.91 Å². The van der Waals surface area contributed by atoms with Crippen LogP contribution in [0, 0.1) is 0 Å². The maximum Gasteiger partial charge on any atom is 0.274 e. The number of hydrogen-bond acceptors (Lipinski definition) is 7. The van der Waals surface area contributed by atoms with E-state index in [1.807, 2.05) is 19.1 Å².